The molecule has 2 unspecified atom stereocenters. The van der Waals surface area contributed by atoms with Crippen LogP contribution in [-0.2, 0) is 11.2 Å². The molecule has 0 aromatic heterocycles. The van der Waals surface area contributed by atoms with Crippen molar-refractivity contribution in [3.63, 3.8) is 0 Å². The summed E-state index contributed by atoms with van der Waals surface area (Å²) < 4.78 is 5.81. The lowest BCUT2D eigenvalue weighted by atomic mass is 9.85. The highest BCUT2D eigenvalue weighted by molar-refractivity contribution is 5.90. The zero-order chi connectivity index (χ0) is 14.7. The van der Waals surface area contributed by atoms with E-state index in [0.717, 1.165) is 32.2 Å². The second-order valence-corrected chi connectivity index (χ2v) is 6.30. The SMILES string of the molecule is CCC1CCCCC1OC(=O)c1ccc2c(c1)CCCN2. The van der Waals surface area contributed by atoms with Crippen molar-refractivity contribution in [3.05, 3.63) is 29.3 Å². The van der Waals surface area contributed by atoms with E-state index >= 15 is 0 Å². The quantitative estimate of drug-likeness (QED) is 0.848. The molecule has 1 aromatic rings. The van der Waals surface area contributed by atoms with Crippen molar-refractivity contribution in [3.8, 4) is 0 Å². The molecular formula is C18H25NO2. The van der Waals surface area contributed by atoms with Gasteiger partial charge >= 0.3 is 5.97 Å². The first-order chi connectivity index (χ1) is 10.3. The van der Waals surface area contributed by atoms with E-state index in [-0.39, 0.29) is 12.1 Å². The summed E-state index contributed by atoms with van der Waals surface area (Å²) in [7, 11) is 0. The van der Waals surface area contributed by atoms with Crippen molar-refractivity contribution in [2.75, 3.05) is 11.9 Å². The van der Waals surface area contributed by atoms with Crippen molar-refractivity contribution >= 4 is 11.7 Å². The fourth-order valence-electron chi connectivity index (χ4n) is 3.60. The lowest BCUT2D eigenvalue weighted by Crippen LogP contribution is -2.29. The predicted octanol–water partition coefficient (Wildman–Crippen LogP) is 4.17. The molecule has 1 fully saturated rings. The molecular weight excluding hydrogens is 262 g/mol. The summed E-state index contributed by atoms with van der Waals surface area (Å²) in [6.07, 6.45) is 8.08. The Morgan fingerprint density at radius 1 is 1.29 bits per heavy atom. The maximum absolute atomic E-state index is 12.4. The van der Waals surface area contributed by atoms with Crippen molar-refractivity contribution in [2.24, 2.45) is 5.92 Å². The van der Waals surface area contributed by atoms with Gasteiger partial charge in [0.15, 0.2) is 0 Å². The molecule has 3 heteroatoms. The van der Waals surface area contributed by atoms with Crippen LogP contribution in [0.1, 0.15) is 61.4 Å². The van der Waals surface area contributed by atoms with Crippen LogP contribution in [0.5, 0.6) is 0 Å². The lowest BCUT2D eigenvalue weighted by Gasteiger charge is -2.30. The van der Waals surface area contributed by atoms with Crippen LogP contribution in [0.25, 0.3) is 0 Å². The molecule has 3 nitrogen and oxygen atoms in total. The maximum Gasteiger partial charge on any atom is 0.338 e. The highest BCUT2D eigenvalue weighted by atomic mass is 16.5. The topological polar surface area (TPSA) is 38.3 Å². The third kappa shape index (κ3) is 3.22. The Kier molecular flexibility index (Phi) is 4.47. The van der Waals surface area contributed by atoms with Gasteiger partial charge in [0.25, 0.3) is 0 Å². The van der Waals surface area contributed by atoms with E-state index in [1.807, 2.05) is 18.2 Å². The van der Waals surface area contributed by atoms with Gasteiger partial charge in [-0.2, -0.15) is 0 Å². The Morgan fingerprint density at radius 3 is 3.00 bits per heavy atom. The van der Waals surface area contributed by atoms with Crippen LogP contribution in [0.15, 0.2) is 18.2 Å². The van der Waals surface area contributed by atoms with Crippen LogP contribution >= 0.6 is 0 Å². The van der Waals surface area contributed by atoms with Crippen LogP contribution in [0.4, 0.5) is 5.69 Å². The minimum Gasteiger partial charge on any atom is -0.458 e. The molecule has 2 aliphatic rings. The van der Waals surface area contributed by atoms with Crippen LogP contribution in [-0.4, -0.2) is 18.6 Å². The number of hydrogen-bond acceptors (Lipinski definition) is 3. The van der Waals surface area contributed by atoms with E-state index in [4.69, 9.17) is 4.74 Å². The summed E-state index contributed by atoms with van der Waals surface area (Å²) >= 11 is 0. The fourth-order valence-corrected chi connectivity index (χ4v) is 3.60. The van der Waals surface area contributed by atoms with E-state index in [1.54, 1.807) is 0 Å². The molecule has 1 aromatic carbocycles. The number of esters is 1. The molecule has 1 N–H and O–H groups in total. The summed E-state index contributed by atoms with van der Waals surface area (Å²) in [4.78, 5) is 12.4. The number of carbonyl (C=O) groups excluding carboxylic acids is 1. The largest absolute Gasteiger partial charge is 0.458 e. The number of rotatable bonds is 3. The van der Waals surface area contributed by atoms with E-state index < -0.39 is 0 Å². The van der Waals surface area contributed by atoms with Gasteiger partial charge in [-0.25, -0.2) is 4.79 Å². The fraction of sp³-hybridized carbons (Fsp3) is 0.611. The molecule has 2 atom stereocenters. The standard InChI is InChI=1S/C18H25NO2/c1-2-13-6-3-4-8-17(13)21-18(20)15-9-10-16-14(12-15)7-5-11-19-16/h9-10,12-13,17,19H,2-8,11H2,1H3. The lowest BCUT2D eigenvalue weighted by molar-refractivity contribution is 0.000701. The molecule has 114 valence electrons. The molecule has 0 spiro atoms. The summed E-state index contributed by atoms with van der Waals surface area (Å²) in [5.74, 6) is 0.399. The van der Waals surface area contributed by atoms with Gasteiger partial charge in [-0.15, -0.1) is 0 Å². The average molecular weight is 287 g/mol. The first-order valence-electron chi connectivity index (χ1n) is 8.35. The zero-order valence-corrected chi connectivity index (χ0v) is 12.9. The predicted molar refractivity (Wildman–Crippen MR) is 84.7 cm³/mol. The van der Waals surface area contributed by atoms with Gasteiger partial charge in [0.05, 0.1) is 5.56 Å². The smallest absolute Gasteiger partial charge is 0.338 e. The van der Waals surface area contributed by atoms with Gasteiger partial charge in [0.1, 0.15) is 6.10 Å². The number of ether oxygens (including phenoxy) is 1. The molecule has 1 aliphatic heterocycles. The van der Waals surface area contributed by atoms with Gasteiger partial charge in [-0.3, -0.25) is 0 Å². The normalized spacial score (nSPS) is 24.8. The van der Waals surface area contributed by atoms with Gasteiger partial charge in [-0.1, -0.05) is 13.3 Å². The second-order valence-electron chi connectivity index (χ2n) is 6.30. The molecule has 1 aliphatic carbocycles. The Labute approximate surface area is 127 Å². The molecule has 0 saturated heterocycles. The van der Waals surface area contributed by atoms with Gasteiger partial charge < -0.3 is 10.1 Å². The van der Waals surface area contributed by atoms with E-state index in [1.165, 1.54) is 30.5 Å². The third-order valence-electron chi connectivity index (χ3n) is 4.90. The second kappa shape index (κ2) is 6.50. The van der Waals surface area contributed by atoms with E-state index in [0.29, 0.717) is 11.5 Å². The van der Waals surface area contributed by atoms with Crippen LogP contribution in [0.2, 0.25) is 0 Å². The number of fused-ring (bicyclic) bond motifs is 1. The van der Waals surface area contributed by atoms with Crippen LogP contribution in [0, 0.1) is 5.92 Å². The number of hydrogen-bond donors (Lipinski definition) is 1. The number of nitrogens with one attached hydrogen (secondary N) is 1. The van der Waals surface area contributed by atoms with Crippen molar-refractivity contribution in [1.29, 1.82) is 0 Å². The summed E-state index contributed by atoms with van der Waals surface area (Å²) in [5.41, 5.74) is 3.12. The highest BCUT2D eigenvalue weighted by Gasteiger charge is 2.27. The van der Waals surface area contributed by atoms with Crippen molar-refractivity contribution in [2.45, 2.75) is 58.0 Å². The van der Waals surface area contributed by atoms with E-state index in [9.17, 15) is 4.79 Å². The Balaban J connectivity index is 1.70. The number of benzene rings is 1. The van der Waals surface area contributed by atoms with E-state index in [2.05, 4.69) is 12.2 Å². The highest BCUT2D eigenvalue weighted by Crippen LogP contribution is 2.30. The molecule has 0 bridgehead atoms. The Hall–Kier alpha value is -1.51. The number of carbonyl (C=O) groups is 1. The number of anilines is 1. The Morgan fingerprint density at radius 2 is 2.14 bits per heavy atom. The van der Waals surface area contributed by atoms with Crippen LogP contribution < -0.4 is 5.32 Å². The first-order valence-corrected chi connectivity index (χ1v) is 8.35. The average Bonchev–Trinajstić information content (AvgIpc) is 2.55. The summed E-state index contributed by atoms with van der Waals surface area (Å²) in [5, 5.41) is 3.37. The molecule has 21 heavy (non-hydrogen) atoms. The van der Waals surface area contributed by atoms with Gasteiger partial charge in [-0.05, 0) is 68.2 Å². The van der Waals surface area contributed by atoms with Crippen molar-refractivity contribution in [1.82, 2.24) is 0 Å². The number of aryl methyl sites for hydroxylation is 1. The Bertz CT molecular complexity index is 512. The summed E-state index contributed by atoms with van der Waals surface area (Å²) in [6, 6.07) is 5.92. The van der Waals surface area contributed by atoms with Crippen molar-refractivity contribution < 1.29 is 9.53 Å². The van der Waals surface area contributed by atoms with Gasteiger partial charge in [0, 0.05) is 12.2 Å². The zero-order valence-electron chi connectivity index (χ0n) is 12.9. The monoisotopic (exact) mass is 287 g/mol. The third-order valence-corrected chi connectivity index (χ3v) is 4.90. The minimum atomic E-state index is -0.145. The molecule has 0 radical (unpaired) electrons. The molecule has 1 heterocycles. The summed E-state index contributed by atoms with van der Waals surface area (Å²) in [6.45, 7) is 3.22. The van der Waals surface area contributed by atoms with Crippen LogP contribution in [0.3, 0.4) is 0 Å². The molecule has 0 amide bonds. The molecule has 1 saturated carbocycles. The first kappa shape index (κ1) is 14.4. The maximum atomic E-state index is 12.4. The minimum absolute atomic E-state index is 0.116. The van der Waals surface area contributed by atoms with Gasteiger partial charge in [0.2, 0.25) is 0 Å². The molecule has 3 rings (SSSR count).